The van der Waals surface area contributed by atoms with E-state index in [0.29, 0.717) is 63.5 Å². The fourth-order valence-electron chi connectivity index (χ4n) is 3.36. The minimum atomic E-state index is -3.62. The lowest BCUT2D eigenvalue weighted by molar-refractivity contribution is -0.117. The lowest BCUT2D eigenvalue weighted by atomic mass is 10.1. The Morgan fingerprint density at radius 1 is 1.22 bits per heavy atom. The maximum absolute atomic E-state index is 12.9. The molecule has 2 heterocycles. The zero-order valence-corrected chi connectivity index (χ0v) is 16.4. The van der Waals surface area contributed by atoms with Gasteiger partial charge in [0.1, 0.15) is 0 Å². The molecule has 0 aromatic heterocycles. The smallest absolute Gasteiger partial charge is 0.243 e. The molecule has 0 radical (unpaired) electrons. The molecule has 0 bridgehead atoms. The van der Waals surface area contributed by atoms with Crippen LogP contribution in [-0.2, 0) is 19.6 Å². The Balaban J connectivity index is 1.68. The number of piperidine rings is 1. The molecular formula is C18H27N3O5S. The van der Waals surface area contributed by atoms with Crippen molar-refractivity contribution in [2.45, 2.75) is 30.8 Å². The van der Waals surface area contributed by atoms with Crippen molar-refractivity contribution in [3.8, 4) is 0 Å². The third kappa shape index (κ3) is 5.05. The van der Waals surface area contributed by atoms with E-state index in [2.05, 4.69) is 5.32 Å². The van der Waals surface area contributed by atoms with Crippen LogP contribution >= 0.6 is 0 Å². The van der Waals surface area contributed by atoms with Crippen LogP contribution in [0.15, 0.2) is 23.1 Å². The number of carbonyl (C=O) groups excluding carboxylic acids is 1. The fraction of sp³-hybridized carbons (Fsp3) is 0.611. The standard InChI is InChI=1S/C18H27N3O5S/c1-14-2-3-15(19-18(23)13-20-6-4-16(22)5-7-20)12-17(14)27(24,25)21-8-10-26-11-9-21/h2-3,12,16,22H,4-11,13H2,1H3,(H,19,23). The molecule has 27 heavy (non-hydrogen) atoms. The van der Waals surface area contributed by atoms with Gasteiger partial charge in [-0.2, -0.15) is 4.31 Å². The number of aryl methyl sites for hydroxylation is 1. The van der Waals surface area contributed by atoms with E-state index in [0.717, 1.165) is 0 Å². The highest BCUT2D eigenvalue weighted by molar-refractivity contribution is 7.89. The molecule has 0 atom stereocenters. The third-order valence-electron chi connectivity index (χ3n) is 4.98. The Kier molecular flexibility index (Phi) is 6.48. The van der Waals surface area contributed by atoms with E-state index in [9.17, 15) is 18.3 Å². The first-order valence-electron chi connectivity index (χ1n) is 9.25. The number of nitrogens with one attached hydrogen (secondary N) is 1. The predicted molar refractivity (Wildman–Crippen MR) is 101 cm³/mol. The molecule has 8 nitrogen and oxygen atoms in total. The molecule has 1 amide bonds. The van der Waals surface area contributed by atoms with Crippen molar-refractivity contribution in [1.29, 1.82) is 0 Å². The topological polar surface area (TPSA) is 99.2 Å². The van der Waals surface area contributed by atoms with E-state index >= 15 is 0 Å². The summed E-state index contributed by atoms with van der Waals surface area (Å²) in [5, 5.41) is 12.3. The molecular weight excluding hydrogens is 370 g/mol. The summed E-state index contributed by atoms with van der Waals surface area (Å²) >= 11 is 0. The molecule has 0 aliphatic carbocycles. The number of aliphatic hydroxyl groups is 1. The summed E-state index contributed by atoms with van der Waals surface area (Å²) in [5.41, 5.74) is 1.11. The largest absolute Gasteiger partial charge is 0.393 e. The molecule has 0 saturated carbocycles. The molecule has 2 N–H and O–H groups in total. The van der Waals surface area contributed by atoms with E-state index in [-0.39, 0.29) is 23.5 Å². The number of nitrogens with zero attached hydrogens (tertiary/aromatic N) is 2. The summed E-state index contributed by atoms with van der Waals surface area (Å²) < 4.78 is 32.5. The van der Waals surface area contributed by atoms with Crippen molar-refractivity contribution in [2.75, 3.05) is 51.3 Å². The van der Waals surface area contributed by atoms with Gasteiger partial charge in [0.2, 0.25) is 15.9 Å². The number of likely N-dealkylation sites (tertiary alicyclic amines) is 1. The third-order valence-corrected chi connectivity index (χ3v) is 7.02. The minimum Gasteiger partial charge on any atom is -0.393 e. The number of benzene rings is 1. The Labute approximate surface area is 160 Å². The lowest BCUT2D eigenvalue weighted by Gasteiger charge is -2.29. The molecule has 3 rings (SSSR count). The highest BCUT2D eigenvalue weighted by atomic mass is 32.2. The van der Waals surface area contributed by atoms with E-state index in [4.69, 9.17) is 4.74 Å². The van der Waals surface area contributed by atoms with E-state index in [1.54, 1.807) is 19.1 Å². The van der Waals surface area contributed by atoms with Crippen LogP contribution in [0.25, 0.3) is 0 Å². The highest BCUT2D eigenvalue weighted by Gasteiger charge is 2.28. The molecule has 2 saturated heterocycles. The van der Waals surface area contributed by atoms with Crippen molar-refractivity contribution in [3.63, 3.8) is 0 Å². The Morgan fingerprint density at radius 2 is 1.89 bits per heavy atom. The summed E-state index contributed by atoms with van der Waals surface area (Å²) in [6.45, 7) is 4.78. The molecule has 1 aromatic carbocycles. The zero-order chi connectivity index (χ0) is 19.4. The van der Waals surface area contributed by atoms with Gasteiger partial charge in [-0.15, -0.1) is 0 Å². The average molecular weight is 397 g/mol. The summed E-state index contributed by atoms with van der Waals surface area (Å²) in [6.07, 6.45) is 1.05. The van der Waals surface area contributed by atoms with Crippen molar-refractivity contribution in [2.24, 2.45) is 0 Å². The van der Waals surface area contributed by atoms with Crippen LogP contribution in [0.3, 0.4) is 0 Å². The average Bonchev–Trinajstić information content (AvgIpc) is 2.66. The zero-order valence-electron chi connectivity index (χ0n) is 15.6. The number of anilines is 1. The normalized spacial score (nSPS) is 20.5. The van der Waals surface area contributed by atoms with Crippen molar-refractivity contribution >= 4 is 21.6 Å². The summed E-state index contributed by atoms with van der Waals surface area (Å²) in [7, 11) is -3.62. The van der Waals surface area contributed by atoms with Gasteiger partial charge in [0, 0.05) is 31.9 Å². The Hall–Kier alpha value is -1.52. The number of ether oxygens (including phenoxy) is 1. The number of hydrogen-bond donors (Lipinski definition) is 2. The SMILES string of the molecule is Cc1ccc(NC(=O)CN2CCC(O)CC2)cc1S(=O)(=O)N1CCOCC1. The van der Waals surface area contributed by atoms with Gasteiger partial charge in [0.15, 0.2) is 0 Å². The van der Waals surface area contributed by atoms with Crippen LogP contribution in [0.1, 0.15) is 18.4 Å². The molecule has 0 spiro atoms. The molecule has 1 aromatic rings. The molecule has 2 aliphatic heterocycles. The van der Waals surface area contributed by atoms with Gasteiger partial charge < -0.3 is 15.2 Å². The molecule has 2 aliphatic rings. The van der Waals surface area contributed by atoms with Crippen LogP contribution < -0.4 is 5.32 Å². The van der Waals surface area contributed by atoms with Crippen LogP contribution in [0.2, 0.25) is 0 Å². The molecule has 0 unspecified atom stereocenters. The highest BCUT2D eigenvalue weighted by Crippen LogP contribution is 2.24. The van der Waals surface area contributed by atoms with Gasteiger partial charge in [-0.1, -0.05) is 6.07 Å². The number of rotatable bonds is 5. The Bertz CT molecular complexity index is 769. The van der Waals surface area contributed by atoms with Gasteiger partial charge in [0.25, 0.3) is 0 Å². The van der Waals surface area contributed by atoms with Gasteiger partial charge in [0.05, 0.1) is 30.8 Å². The van der Waals surface area contributed by atoms with E-state index in [1.165, 1.54) is 10.4 Å². The first kappa shape index (κ1) is 20.2. The summed E-state index contributed by atoms with van der Waals surface area (Å²) in [5.74, 6) is -0.190. The lowest BCUT2D eigenvalue weighted by Crippen LogP contribution is -2.41. The summed E-state index contributed by atoms with van der Waals surface area (Å²) in [6, 6.07) is 4.95. The summed E-state index contributed by atoms with van der Waals surface area (Å²) in [4.78, 5) is 14.5. The van der Waals surface area contributed by atoms with Crippen LogP contribution in [0.4, 0.5) is 5.69 Å². The fourth-order valence-corrected chi connectivity index (χ4v) is 5.02. The quantitative estimate of drug-likeness (QED) is 0.747. The van der Waals surface area contributed by atoms with Crippen LogP contribution in [0.5, 0.6) is 0 Å². The second-order valence-electron chi connectivity index (χ2n) is 7.05. The first-order valence-corrected chi connectivity index (χ1v) is 10.7. The number of carbonyl (C=O) groups is 1. The minimum absolute atomic E-state index is 0.190. The maximum atomic E-state index is 12.9. The second kappa shape index (κ2) is 8.66. The number of aliphatic hydroxyl groups excluding tert-OH is 1. The second-order valence-corrected chi connectivity index (χ2v) is 8.96. The molecule has 2 fully saturated rings. The van der Waals surface area contributed by atoms with Gasteiger partial charge in [-0.25, -0.2) is 8.42 Å². The van der Waals surface area contributed by atoms with Crippen molar-refractivity contribution in [1.82, 2.24) is 9.21 Å². The van der Waals surface area contributed by atoms with Crippen LogP contribution in [-0.4, -0.2) is 80.7 Å². The number of morpholine rings is 1. The first-order chi connectivity index (χ1) is 12.9. The predicted octanol–water partition coefficient (Wildman–Crippen LogP) is 0.411. The Morgan fingerprint density at radius 3 is 2.56 bits per heavy atom. The molecule has 150 valence electrons. The number of hydrogen-bond acceptors (Lipinski definition) is 6. The maximum Gasteiger partial charge on any atom is 0.243 e. The number of sulfonamides is 1. The van der Waals surface area contributed by atoms with E-state index in [1.807, 2.05) is 4.90 Å². The monoisotopic (exact) mass is 397 g/mol. The van der Waals surface area contributed by atoms with E-state index < -0.39 is 10.0 Å². The van der Waals surface area contributed by atoms with Crippen molar-refractivity contribution < 1.29 is 23.1 Å². The van der Waals surface area contributed by atoms with Gasteiger partial charge in [-0.05, 0) is 37.5 Å². The van der Waals surface area contributed by atoms with Gasteiger partial charge >= 0.3 is 0 Å². The van der Waals surface area contributed by atoms with Crippen LogP contribution in [0, 0.1) is 6.92 Å². The molecule has 9 heteroatoms. The van der Waals surface area contributed by atoms with Crippen molar-refractivity contribution in [3.05, 3.63) is 23.8 Å². The van der Waals surface area contributed by atoms with Gasteiger partial charge in [-0.3, -0.25) is 9.69 Å². The number of amides is 1.